The van der Waals surface area contributed by atoms with E-state index in [4.69, 9.17) is 0 Å². The summed E-state index contributed by atoms with van der Waals surface area (Å²) in [6.07, 6.45) is 1.45. The van der Waals surface area contributed by atoms with Crippen molar-refractivity contribution >= 4 is 33.6 Å². The minimum atomic E-state index is -0.0715. The zero-order valence-corrected chi connectivity index (χ0v) is 9.19. The molecule has 0 aliphatic rings. The Bertz CT molecular complexity index is 651. The zero-order valence-electron chi connectivity index (χ0n) is 7.56. The zero-order chi connectivity index (χ0) is 10.3. The van der Waals surface area contributed by atoms with Crippen LogP contribution in [0, 0.1) is 0 Å². The van der Waals surface area contributed by atoms with E-state index in [9.17, 15) is 4.79 Å². The monoisotopic (exact) mass is 234 g/mol. The van der Waals surface area contributed by atoms with Gasteiger partial charge in [0, 0.05) is 10.9 Å². The molecule has 0 bridgehead atoms. The molecular weight excluding hydrogens is 228 g/mol. The molecule has 1 N–H and O–H groups in total. The maximum absolute atomic E-state index is 11.5. The van der Waals surface area contributed by atoms with Gasteiger partial charge in [0.05, 0.1) is 22.1 Å². The lowest BCUT2D eigenvalue weighted by Crippen LogP contribution is -2.04. The van der Waals surface area contributed by atoms with Crippen molar-refractivity contribution in [1.82, 2.24) is 9.97 Å². The van der Waals surface area contributed by atoms with E-state index in [2.05, 4.69) is 15.3 Å². The number of thiophene rings is 2. The Morgan fingerprint density at radius 1 is 1.33 bits per heavy atom. The van der Waals surface area contributed by atoms with Gasteiger partial charge in [-0.15, -0.1) is 11.3 Å². The predicted molar refractivity (Wildman–Crippen MR) is 63.6 cm³/mol. The number of aromatic amines is 1. The normalized spacial score (nSPS) is 10.9. The second-order valence-electron chi connectivity index (χ2n) is 3.07. The smallest absolute Gasteiger partial charge is 0.259 e. The van der Waals surface area contributed by atoms with Crippen molar-refractivity contribution in [3.05, 3.63) is 38.9 Å². The van der Waals surface area contributed by atoms with E-state index < -0.39 is 0 Å². The van der Waals surface area contributed by atoms with Gasteiger partial charge in [-0.05, 0) is 16.8 Å². The fourth-order valence-electron chi connectivity index (χ4n) is 1.47. The molecule has 5 heteroatoms. The fourth-order valence-corrected chi connectivity index (χ4v) is 3.19. The van der Waals surface area contributed by atoms with Crippen LogP contribution in [0.1, 0.15) is 0 Å². The van der Waals surface area contributed by atoms with Gasteiger partial charge in [0.15, 0.2) is 0 Å². The van der Waals surface area contributed by atoms with Gasteiger partial charge < -0.3 is 4.98 Å². The number of nitrogens with zero attached hydrogens (tertiary/aromatic N) is 1. The summed E-state index contributed by atoms with van der Waals surface area (Å²) in [6, 6.07) is 2.04. The molecule has 3 rings (SSSR count). The van der Waals surface area contributed by atoms with Gasteiger partial charge in [-0.1, -0.05) is 0 Å². The lowest BCUT2D eigenvalue weighted by atomic mass is 10.2. The maximum atomic E-state index is 11.5. The van der Waals surface area contributed by atoms with Gasteiger partial charge in [-0.2, -0.15) is 11.3 Å². The van der Waals surface area contributed by atoms with Crippen LogP contribution < -0.4 is 5.56 Å². The number of hydrogen-bond donors (Lipinski definition) is 1. The fraction of sp³-hybridized carbons (Fsp3) is 0. The molecule has 0 fully saturated rings. The summed E-state index contributed by atoms with van der Waals surface area (Å²) >= 11 is 3.20. The summed E-state index contributed by atoms with van der Waals surface area (Å²) in [7, 11) is 0. The highest BCUT2D eigenvalue weighted by molar-refractivity contribution is 7.16. The maximum Gasteiger partial charge on any atom is 0.259 e. The lowest BCUT2D eigenvalue weighted by molar-refractivity contribution is 1.18. The Morgan fingerprint density at radius 3 is 3.07 bits per heavy atom. The SMILES string of the molecule is O=c1[nH]cnc2c(-c3ccsc3)scc12. The molecule has 0 amide bonds. The minimum absolute atomic E-state index is 0.0715. The lowest BCUT2D eigenvalue weighted by Gasteiger charge is -1.92. The molecule has 0 aliphatic heterocycles. The van der Waals surface area contributed by atoms with Crippen LogP contribution in [0.4, 0.5) is 0 Å². The van der Waals surface area contributed by atoms with E-state index in [1.54, 1.807) is 22.7 Å². The van der Waals surface area contributed by atoms with Crippen LogP contribution >= 0.6 is 22.7 Å². The molecule has 3 aromatic heterocycles. The molecule has 0 saturated carbocycles. The Balaban J connectivity index is 2.39. The highest BCUT2D eigenvalue weighted by Crippen LogP contribution is 2.32. The van der Waals surface area contributed by atoms with Crippen LogP contribution in [-0.4, -0.2) is 9.97 Å². The molecule has 0 aromatic carbocycles. The summed E-state index contributed by atoms with van der Waals surface area (Å²) in [5.74, 6) is 0. The van der Waals surface area contributed by atoms with Gasteiger partial charge in [-0.25, -0.2) is 4.98 Å². The molecule has 3 heterocycles. The first-order chi connectivity index (χ1) is 7.36. The van der Waals surface area contributed by atoms with E-state index in [1.165, 1.54) is 6.33 Å². The van der Waals surface area contributed by atoms with Crippen molar-refractivity contribution in [2.24, 2.45) is 0 Å². The summed E-state index contributed by atoms with van der Waals surface area (Å²) in [5, 5.41) is 6.61. The van der Waals surface area contributed by atoms with Crippen LogP contribution in [-0.2, 0) is 0 Å². The van der Waals surface area contributed by atoms with Crippen LogP contribution in [0.5, 0.6) is 0 Å². The van der Waals surface area contributed by atoms with E-state index >= 15 is 0 Å². The van der Waals surface area contributed by atoms with Crippen molar-refractivity contribution in [3.63, 3.8) is 0 Å². The van der Waals surface area contributed by atoms with Crippen LogP contribution in [0.25, 0.3) is 21.3 Å². The van der Waals surface area contributed by atoms with Crippen LogP contribution in [0.2, 0.25) is 0 Å². The number of H-pyrrole nitrogens is 1. The third kappa shape index (κ3) is 1.32. The molecule has 15 heavy (non-hydrogen) atoms. The average Bonchev–Trinajstić information content (AvgIpc) is 2.85. The van der Waals surface area contributed by atoms with E-state index in [1.807, 2.05) is 16.8 Å². The number of nitrogens with one attached hydrogen (secondary N) is 1. The largest absolute Gasteiger partial charge is 0.313 e. The van der Waals surface area contributed by atoms with Crippen molar-refractivity contribution in [3.8, 4) is 10.4 Å². The van der Waals surface area contributed by atoms with E-state index in [-0.39, 0.29) is 5.56 Å². The van der Waals surface area contributed by atoms with Gasteiger partial charge in [-0.3, -0.25) is 4.79 Å². The second-order valence-corrected chi connectivity index (χ2v) is 4.73. The van der Waals surface area contributed by atoms with Gasteiger partial charge in [0.1, 0.15) is 0 Å². The highest BCUT2D eigenvalue weighted by atomic mass is 32.1. The topological polar surface area (TPSA) is 45.8 Å². The Labute approximate surface area is 93.1 Å². The van der Waals surface area contributed by atoms with Gasteiger partial charge in [0.25, 0.3) is 5.56 Å². The second kappa shape index (κ2) is 3.29. The molecule has 0 spiro atoms. The van der Waals surface area contributed by atoms with Crippen molar-refractivity contribution in [2.75, 3.05) is 0 Å². The number of rotatable bonds is 1. The third-order valence-electron chi connectivity index (χ3n) is 2.18. The predicted octanol–water partition coefficient (Wildman–Crippen LogP) is 2.71. The molecule has 0 aliphatic carbocycles. The number of aromatic nitrogens is 2. The third-order valence-corrected chi connectivity index (χ3v) is 3.88. The van der Waals surface area contributed by atoms with E-state index in [0.717, 1.165) is 16.0 Å². The summed E-state index contributed by atoms with van der Waals surface area (Å²) in [6.45, 7) is 0. The Hall–Kier alpha value is -1.46. The molecular formula is C10H6N2OS2. The first kappa shape index (κ1) is 8.82. The highest BCUT2D eigenvalue weighted by Gasteiger charge is 2.09. The number of hydrogen-bond acceptors (Lipinski definition) is 4. The quantitative estimate of drug-likeness (QED) is 0.703. The molecule has 3 nitrogen and oxygen atoms in total. The van der Waals surface area contributed by atoms with Crippen molar-refractivity contribution < 1.29 is 0 Å². The van der Waals surface area contributed by atoms with Crippen LogP contribution in [0.15, 0.2) is 33.3 Å². The summed E-state index contributed by atoms with van der Waals surface area (Å²) < 4.78 is 0. The average molecular weight is 234 g/mol. The molecule has 0 saturated heterocycles. The Kier molecular flexibility index (Phi) is 1.93. The molecule has 74 valence electrons. The van der Waals surface area contributed by atoms with Crippen LogP contribution in [0.3, 0.4) is 0 Å². The van der Waals surface area contributed by atoms with E-state index in [0.29, 0.717) is 5.39 Å². The molecule has 0 unspecified atom stereocenters. The van der Waals surface area contributed by atoms with Crippen molar-refractivity contribution in [2.45, 2.75) is 0 Å². The summed E-state index contributed by atoms with van der Waals surface area (Å²) in [5.41, 5.74) is 1.86. The molecule has 0 atom stereocenters. The van der Waals surface area contributed by atoms with Crippen molar-refractivity contribution in [1.29, 1.82) is 0 Å². The number of fused-ring (bicyclic) bond motifs is 1. The minimum Gasteiger partial charge on any atom is -0.313 e. The first-order valence-electron chi connectivity index (χ1n) is 4.34. The standard InChI is InChI=1S/C10H6N2OS2/c13-10-7-4-15-9(6-1-2-14-3-6)8(7)11-5-12-10/h1-5H,(H,11,12,13). The van der Waals surface area contributed by atoms with Gasteiger partial charge in [0.2, 0.25) is 0 Å². The first-order valence-corrected chi connectivity index (χ1v) is 6.16. The molecule has 0 radical (unpaired) electrons. The molecule has 3 aromatic rings. The summed E-state index contributed by atoms with van der Waals surface area (Å²) in [4.78, 5) is 19.3. The Morgan fingerprint density at radius 2 is 2.27 bits per heavy atom. The van der Waals surface area contributed by atoms with Gasteiger partial charge >= 0.3 is 0 Å².